The molecule has 0 aliphatic heterocycles. The molecule has 0 amide bonds. The molecule has 0 unspecified atom stereocenters. The van der Waals surface area contributed by atoms with E-state index in [9.17, 15) is 8.78 Å². The predicted octanol–water partition coefficient (Wildman–Crippen LogP) is 1.78. The quantitative estimate of drug-likeness (QED) is 0.760. The molecule has 1 N–H and O–H groups in total. The molecule has 18 heavy (non-hydrogen) atoms. The zero-order chi connectivity index (χ0) is 13.6. The Morgan fingerprint density at radius 1 is 1.39 bits per heavy atom. The van der Waals surface area contributed by atoms with Crippen molar-refractivity contribution < 1.29 is 18.0 Å². The molecule has 7 heteroatoms. The summed E-state index contributed by atoms with van der Waals surface area (Å²) in [4.78, 5) is 4.12. The van der Waals surface area contributed by atoms with Gasteiger partial charge in [0, 0.05) is 12.0 Å². The fourth-order valence-corrected chi connectivity index (χ4v) is 1.14. The highest BCUT2D eigenvalue weighted by Crippen LogP contribution is 2.03. The molecular formula is C11H19F2N3O2. The van der Waals surface area contributed by atoms with Gasteiger partial charge in [-0.3, -0.25) is 0 Å². The molecule has 1 rings (SSSR count). The lowest BCUT2D eigenvalue weighted by Gasteiger charge is -2.18. The van der Waals surface area contributed by atoms with Crippen molar-refractivity contribution in [1.82, 2.24) is 15.5 Å². The lowest BCUT2D eigenvalue weighted by molar-refractivity contribution is 0.0182. The van der Waals surface area contributed by atoms with Crippen LogP contribution in [0.2, 0.25) is 0 Å². The number of ether oxygens (including phenoxy) is 1. The van der Waals surface area contributed by atoms with E-state index < -0.39 is 13.0 Å². The van der Waals surface area contributed by atoms with Crippen LogP contribution in [0, 0.1) is 0 Å². The summed E-state index contributed by atoms with van der Waals surface area (Å²) in [7, 11) is 0. The highest BCUT2D eigenvalue weighted by atomic mass is 19.3. The zero-order valence-corrected chi connectivity index (χ0v) is 10.9. The molecular weight excluding hydrogens is 244 g/mol. The first-order valence-corrected chi connectivity index (χ1v) is 5.79. The van der Waals surface area contributed by atoms with Crippen molar-refractivity contribution in [3.8, 4) is 0 Å². The third-order valence-electron chi connectivity index (χ3n) is 1.99. The van der Waals surface area contributed by atoms with E-state index in [-0.39, 0.29) is 12.1 Å². The summed E-state index contributed by atoms with van der Waals surface area (Å²) < 4.78 is 33.3. The maximum atomic E-state index is 11.8. The van der Waals surface area contributed by atoms with Crippen LogP contribution in [-0.2, 0) is 17.7 Å². The second kappa shape index (κ2) is 6.75. The molecule has 0 fully saturated rings. The molecule has 0 spiro atoms. The zero-order valence-electron chi connectivity index (χ0n) is 10.9. The average Bonchev–Trinajstić information content (AvgIpc) is 2.68. The minimum atomic E-state index is -2.44. The van der Waals surface area contributed by atoms with Crippen LogP contribution in [-0.4, -0.2) is 35.3 Å². The van der Waals surface area contributed by atoms with Gasteiger partial charge in [-0.15, -0.1) is 0 Å². The van der Waals surface area contributed by atoms with Crippen molar-refractivity contribution in [2.24, 2.45) is 0 Å². The maximum Gasteiger partial charge on any atom is 0.261 e. The Morgan fingerprint density at radius 2 is 2.11 bits per heavy atom. The molecule has 0 saturated heterocycles. The predicted molar refractivity (Wildman–Crippen MR) is 61.4 cm³/mol. The second-order valence-corrected chi connectivity index (χ2v) is 4.92. The molecule has 0 aliphatic carbocycles. The van der Waals surface area contributed by atoms with E-state index in [0.717, 1.165) is 0 Å². The van der Waals surface area contributed by atoms with Gasteiger partial charge in [-0.2, -0.15) is 4.98 Å². The third-order valence-corrected chi connectivity index (χ3v) is 1.99. The van der Waals surface area contributed by atoms with Gasteiger partial charge in [-0.05, 0) is 20.8 Å². The van der Waals surface area contributed by atoms with Crippen molar-refractivity contribution >= 4 is 0 Å². The average molecular weight is 263 g/mol. The van der Waals surface area contributed by atoms with Crippen LogP contribution in [0.5, 0.6) is 0 Å². The fraction of sp³-hybridized carbons (Fsp3) is 0.818. The first kappa shape index (κ1) is 15.0. The second-order valence-electron chi connectivity index (χ2n) is 4.92. The Hall–Kier alpha value is -1.08. The SMILES string of the molecule is CC(C)(C)NCc1nc(CCOCC(F)F)no1. The van der Waals surface area contributed by atoms with Gasteiger partial charge in [0.2, 0.25) is 5.89 Å². The first-order chi connectivity index (χ1) is 8.37. The van der Waals surface area contributed by atoms with Gasteiger partial charge >= 0.3 is 0 Å². The molecule has 1 aromatic heterocycles. The fourth-order valence-electron chi connectivity index (χ4n) is 1.14. The highest BCUT2D eigenvalue weighted by Gasteiger charge is 2.12. The van der Waals surface area contributed by atoms with E-state index in [1.807, 2.05) is 20.8 Å². The minimum Gasteiger partial charge on any atom is -0.375 e. The molecule has 0 aliphatic rings. The monoisotopic (exact) mass is 263 g/mol. The summed E-state index contributed by atoms with van der Waals surface area (Å²) >= 11 is 0. The van der Waals surface area contributed by atoms with Crippen LogP contribution in [0.15, 0.2) is 4.52 Å². The van der Waals surface area contributed by atoms with E-state index in [2.05, 4.69) is 15.5 Å². The molecule has 0 saturated carbocycles. The van der Waals surface area contributed by atoms with Crippen LogP contribution in [0.25, 0.3) is 0 Å². The number of nitrogens with zero attached hydrogens (tertiary/aromatic N) is 2. The van der Waals surface area contributed by atoms with Gasteiger partial charge < -0.3 is 14.6 Å². The maximum absolute atomic E-state index is 11.8. The van der Waals surface area contributed by atoms with Gasteiger partial charge in [0.1, 0.15) is 6.61 Å². The molecule has 0 bridgehead atoms. The summed E-state index contributed by atoms with van der Waals surface area (Å²) in [5.41, 5.74) is -0.0327. The Bertz CT molecular complexity index is 350. The Morgan fingerprint density at radius 3 is 2.72 bits per heavy atom. The Labute approximate surface area is 105 Å². The van der Waals surface area contributed by atoms with Crippen molar-refractivity contribution in [2.75, 3.05) is 13.2 Å². The Kier molecular flexibility index (Phi) is 5.61. The summed E-state index contributed by atoms with van der Waals surface area (Å²) in [5.74, 6) is 0.948. The van der Waals surface area contributed by atoms with Crippen LogP contribution >= 0.6 is 0 Å². The minimum absolute atomic E-state index is 0.0327. The van der Waals surface area contributed by atoms with E-state index in [0.29, 0.717) is 24.7 Å². The number of halogens is 2. The van der Waals surface area contributed by atoms with Gasteiger partial charge in [0.25, 0.3) is 6.43 Å². The summed E-state index contributed by atoms with van der Waals surface area (Å²) in [6, 6.07) is 0. The van der Waals surface area contributed by atoms with Crippen LogP contribution in [0.4, 0.5) is 8.78 Å². The topological polar surface area (TPSA) is 60.2 Å². The van der Waals surface area contributed by atoms with Crippen LogP contribution in [0.3, 0.4) is 0 Å². The molecule has 0 radical (unpaired) electrons. The van der Waals surface area contributed by atoms with Crippen LogP contribution < -0.4 is 5.32 Å². The van der Waals surface area contributed by atoms with Gasteiger partial charge in [0.05, 0.1) is 13.2 Å². The van der Waals surface area contributed by atoms with Crippen molar-refractivity contribution in [3.05, 3.63) is 11.7 Å². The summed E-state index contributed by atoms with van der Waals surface area (Å²) in [6.07, 6.45) is -2.08. The summed E-state index contributed by atoms with van der Waals surface area (Å²) in [5, 5.41) is 6.95. The molecule has 0 atom stereocenters. The number of alkyl halides is 2. The number of nitrogens with one attached hydrogen (secondary N) is 1. The van der Waals surface area contributed by atoms with E-state index in [1.165, 1.54) is 0 Å². The van der Waals surface area contributed by atoms with Gasteiger partial charge in [-0.1, -0.05) is 5.16 Å². The van der Waals surface area contributed by atoms with Crippen molar-refractivity contribution in [3.63, 3.8) is 0 Å². The standard InChI is InChI=1S/C11H19F2N3O2/c1-11(2,3)14-6-10-15-9(16-18-10)4-5-17-7-8(12)13/h8,14H,4-7H2,1-3H3. The van der Waals surface area contributed by atoms with Crippen molar-refractivity contribution in [1.29, 1.82) is 0 Å². The number of rotatable bonds is 7. The smallest absolute Gasteiger partial charge is 0.261 e. The normalized spacial score (nSPS) is 12.3. The summed E-state index contributed by atoms with van der Waals surface area (Å²) in [6.45, 7) is 6.17. The lowest BCUT2D eigenvalue weighted by atomic mass is 10.1. The van der Waals surface area contributed by atoms with E-state index in [1.54, 1.807) is 0 Å². The van der Waals surface area contributed by atoms with E-state index >= 15 is 0 Å². The largest absolute Gasteiger partial charge is 0.375 e. The highest BCUT2D eigenvalue weighted by molar-refractivity contribution is 4.87. The molecule has 1 heterocycles. The molecule has 5 nitrogen and oxygen atoms in total. The van der Waals surface area contributed by atoms with Crippen molar-refractivity contribution in [2.45, 2.75) is 45.7 Å². The van der Waals surface area contributed by atoms with E-state index in [4.69, 9.17) is 9.26 Å². The molecule has 104 valence electrons. The van der Waals surface area contributed by atoms with Gasteiger partial charge in [0.15, 0.2) is 5.82 Å². The number of hydrogen-bond donors (Lipinski definition) is 1. The molecule has 0 aromatic carbocycles. The number of aromatic nitrogens is 2. The molecule has 1 aromatic rings. The third kappa shape index (κ3) is 6.61. The van der Waals surface area contributed by atoms with Crippen LogP contribution in [0.1, 0.15) is 32.5 Å². The lowest BCUT2D eigenvalue weighted by Crippen LogP contribution is -2.35. The van der Waals surface area contributed by atoms with Gasteiger partial charge in [-0.25, -0.2) is 8.78 Å². The first-order valence-electron chi connectivity index (χ1n) is 5.79. The number of hydrogen-bond acceptors (Lipinski definition) is 5. The Balaban J connectivity index is 2.26.